The van der Waals surface area contributed by atoms with E-state index in [-0.39, 0.29) is 18.4 Å². The van der Waals surface area contributed by atoms with Crippen LogP contribution >= 0.6 is 0 Å². The summed E-state index contributed by atoms with van der Waals surface area (Å²) in [5.41, 5.74) is 0.966. The number of carbonyl (C=O) groups is 1. The number of hydrogen-bond donors (Lipinski definition) is 1. The molecular formula is C15H24N4O3S. The van der Waals surface area contributed by atoms with Crippen molar-refractivity contribution < 1.29 is 13.2 Å². The maximum atomic E-state index is 12.3. The van der Waals surface area contributed by atoms with Crippen molar-refractivity contribution in [3.8, 4) is 0 Å². The van der Waals surface area contributed by atoms with Crippen LogP contribution in [-0.2, 0) is 21.4 Å². The molecule has 0 radical (unpaired) electrons. The Morgan fingerprint density at radius 2 is 2.22 bits per heavy atom. The van der Waals surface area contributed by atoms with Crippen LogP contribution in [0.5, 0.6) is 0 Å². The number of carbonyl (C=O) groups excluding carboxylic acids is 1. The SMILES string of the molecule is CN(C)c1cc(CNC(=O)[C@H]2CCCN(S(C)(=O)=O)C2)ccn1. The zero-order chi connectivity index (χ0) is 17.0. The molecule has 0 unspecified atom stereocenters. The van der Waals surface area contributed by atoms with Gasteiger partial charge in [0.25, 0.3) is 0 Å². The molecule has 0 spiro atoms. The molecule has 1 aliphatic heterocycles. The van der Waals surface area contributed by atoms with Gasteiger partial charge in [0.1, 0.15) is 5.82 Å². The zero-order valence-electron chi connectivity index (χ0n) is 13.8. The second-order valence-electron chi connectivity index (χ2n) is 6.09. The van der Waals surface area contributed by atoms with Crippen LogP contribution in [0.4, 0.5) is 5.82 Å². The van der Waals surface area contributed by atoms with Gasteiger partial charge in [0.05, 0.1) is 12.2 Å². The van der Waals surface area contributed by atoms with E-state index in [0.717, 1.165) is 17.8 Å². The molecule has 1 aromatic rings. The monoisotopic (exact) mass is 340 g/mol. The molecule has 1 amide bonds. The lowest BCUT2D eigenvalue weighted by Gasteiger charge is -2.30. The second kappa shape index (κ2) is 7.27. The van der Waals surface area contributed by atoms with E-state index >= 15 is 0 Å². The molecule has 1 saturated heterocycles. The van der Waals surface area contributed by atoms with Gasteiger partial charge in [-0.05, 0) is 30.5 Å². The van der Waals surface area contributed by atoms with Crippen molar-refractivity contribution in [2.45, 2.75) is 19.4 Å². The van der Waals surface area contributed by atoms with Crippen LogP contribution in [0.25, 0.3) is 0 Å². The lowest BCUT2D eigenvalue weighted by molar-refractivity contribution is -0.126. The fraction of sp³-hybridized carbons (Fsp3) is 0.600. The topological polar surface area (TPSA) is 82.6 Å². The molecule has 1 fully saturated rings. The van der Waals surface area contributed by atoms with E-state index in [4.69, 9.17) is 0 Å². The van der Waals surface area contributed by atoms with Gasteiger partial charge >= 0.3 is 0 Å². The van der Waals surface area contributed by atoms with Gasteiger partial charge in [-0.2, -0.15) is 0 Å². The number of sulfonamides is 1. The van der Waals surface area contributed by atoms with Crippen LogP contribution in [0.1, 0.15) is 18.4 Å². The fourth-order valence-corrected chi connectivity index (χ4v) is 3.52. The first-order valence-corrected chi connectivity index (χ1v) is 9.47. The molecule has 0 aromatic carbocycles. The molecule has 1 atom stereocenters. The van der Waals surface area contributed by atoms with Crippen molar-refractivity contribution in [3.05, 3.63) is 23.9 Å². The van der Waals surface area contributed by atoms with Crippen molar-refractivity contribution in [1.29, 1.82) is 0 Å². The molecule has 0 aliphatic carbocycles. The third-order valence-electron chi connectivity index (χ3n) is 3.96. The van der Waals surface area contributed by atoms with E-state index in [9.17, 15) is 13.2 Å². The van der Waals surface area contributed by atoms with E-state index in [1.54, 1.807) is 6.20 Å². The molecule has 23 heavy (non-hydrogen) atoms. The summed E-state index contributed by atoms with van der Waals surface area (Å²) in [7, 11) is 0.583. The van der Waals surface area contributed by atoms with Crippen LogP contribution in [0.3, 0.4) is 0 Å². The van der Waals surface area contributed by atoms with Crippen molar-refractivity contribution in [2.75, 3.05) is 38.3 Å². The summed E-state index contributed by atoms with van der Waals surface area (Å²) in [5.74, 6) is 0.452. The number of amides is 1. The summed E-state index contributed by atoms with van der Waals surface area (Å²) in [6.07, 6.45) is 4.33. The Morgan fingerprint density at radius 3 is 2.87 bits per heavy atom. The van der Waals surface area contributed by atoms with Gasteiger partial charge in [-0.25, -0.2) is 17.7 Å². The normalized spacial score (nSPS) is 19.3. The first-order chi connectivity index (χ1) is 10.8. The number of anilines is 1. The van der Waals surface area contributed by atoms with E-state index < -0.39 is 10.0 Å². The van der Waals surface area contributed by atoms with Gasteiger partial charge in [0.2, 0.25) is 15.9 Å². The quantitative estimate of drug-likeness (QED) is 0.841. The lowest BCUT2D eigenvalue weighted by Crippen LogP contribution is -2.44. The first kappa shape index (κ1) is 17.7. The van der Waals surface area contributed by atoms with Gasteiger partial charge < -0.3 is 10.2 Å². The number of rotatable bonds is 5. The Balaban J connectivity index is 1.93. The van der Waals surface area contributed by atoms with Gasteiger partial charge in [0.15, 0.2) is 0 Å². The highest BCUT2D eigenvalue weighted by atomic mass is 32.2. The summed E-state index contributed by atoms with van der Waals surface area (Å²) in [5, 5.41) is 2.90. The highest BCUT2D eigenvalue weighted by Crippen LogP contribution is 2.19. The maximum absolute atomic E-state index is 12.3. The highest BCUT2D eigenvalue weighted by Gasteiger charge is 2.29. The van der Waals surface area contributed by atoms with E-state index in [1.165, 1.54) is 10.6 Å². The first-order valence-electron chi connectivity index (χ1n) is 7.62. The number of aromatic nitrogens is 1. The molecule has 2 heterocycles. The third kappa shape index (κ3) is 4.90. The molecule has 1 aliphatic rings. The molecule has 1 N–H and O–H groups in total. The average molecular weight is 340 g/mol. The molecular weight excluding hydrogens is 316 g/mol. The summed E-state index contributed by atoms with van der Waals surface area (Å²) in [4.78, 5) is 18.4. The molecule has 8 heteroatoms. The van der Waals surface area contributed by atoms with Crippen LogP contribution in [-0.4, -0.2) is 57.1 Å². The number of pyridine rings is 1. The molecule has 2 rings (SSSR count). The van der Waals surface area contributed by atoms with E-state index in [0.29, 0.717) is 19.5 Å². The fourth-order valence-electron chi connectivity index (χ4n) is 2.61. The van der Waals surface area contributed by atoms with Crippen molar-refractivity contribution in [1.82, 2.24) is 14.6 Å². The van der Waals surface area contributed by atoms with Crippen LogP contribution in [0.15, 0.2) is 18.3 Å². The molecule has 0 bridgehead atoms. The van der Waals surface area contributed by atoms with Crippen LogP contribution in [0, 0.1) is 5.92 Å². The van der Waals surface area contributed by atoms with Crippen molar-refractivity contribution >= 4 is 21.7 Å². The van der Waals surface area contributed by atoms with E-state index in [1.807, 2.05) is 31.1 Å². The minimum atomic E-state index is -3.24. The highest BCUT2D eigenvalue weighted by molar-refractivity contribution is 7.88. The molecule has 0 saturated carbocycles. The van der Waals surface area contributed by atoms with Crippen LogP contribution < -0.4 is 10.2 Å². The predicted octanol–water partition coefficient (Wildman–Crippen LogP) is 0.435. The standard InChI is InChI=1S/C15H24N4O3S/c1-18(2)14-9-12(6-7-16-14)10-17-15(20)13-5-4-8-19(11-13)23(3,21)22/h6-7,9,13H,4-5,8,10-11H2,1-3H3,(H,17,20)/t13-/m0/s1. The summed E-state index contributed by atoms with van der Waals surface area (Å²) >= 11 is 0. The minimum Gasteiger partial charge on any atom is -0.363 e. The average Bonchev–Trinajstić information content (AvgIpc) is 2.52. The summed E-state index contributed by atoms with van der Waals surface area (Å²) in [6.45, 7) is 1.18. The second-order valence-corrected chi connectivity index (χ2v) is 8.08. The Bertz CT molecular complexity index is 660. The largest absolute Gasteiger partial charge is 0.363 e. The third-order valence-corrected chi connectivity index (χ3v) is 5.23. The molecule has 1 aromatic heterocycles. The summed E-state index contributed by atoms with van der Waals surface area (Å²) < 4.78 is 24.6. The Kier molecular flexibility index (Phi) is 5.59. The Labute approximate surface area is 137 Å². The van der Waals surface area contributed by atoms with Crippen molar-refractivity contribution in [3.63, 3.8) is 0 Å². The van der Waals surface area contributed by atoms with Gasteiger partial charge in [0, 0.05) is 39.9 Å². The Morgan fingerprint density at radius 1 is 1.48 bits per heavy atom. The minimum absolute atomic E-state index is 0.0958. The number of nitrogens with zero attached hydrogens (tertiary/aromatic N) is 3. The molecule has 128 valence electrons. The predicted molar refractivity (Wildman–Crippen MR) is 89.6 cm³/mol. The van der Waals surface area contributed by atoms with Gasteiger partial charge in [-0.3, -0.25) is 4.79 Å². The molecule has 7 nitrogen and oxygen atoms in total. The number of nitrogens with one attached hydrogen (secondary N) is 1. The number of piperidine rings is 1. The zero-order valence-corrected chi connectivity index (χ0v) is 14.6. The summed E-state index contributed by atoms with van der Waals surface area (Å²) in [6, 6.07) is 3.78. The van der Waals surface area contributed by atoms with Crippen molar-refractivity contribution in [2.24, 2.45) is 5.92 Å². The number of hydrogen-bond acceptors (Lipinski definition) is 5. The smallest absolute Gasteiger partial charge is 0.224 e. The lowest BCUT2D eigenvalue weighted by atomic mass is 9.99. The van der Waals surface area contributed by atoms with Gasteiger partial charge in [-0.1, -0.05) is 0 Å². The van der Waals surface area contributed by atoms with E-state index in [2.05, 4.69) is 10.3 Å². The Hall–Kier alpha value is -1.67. The maximum Gasteiger partial charge on any atom is 0.224 e. The van der Waals surface area contributed by atoms with Crippen LogP contribution in [0.2, 0.25) is 0 Å². The van der Waals surface area contributed by atoms with Gasteiger partial charge in [-0.15, -0.1) is 0 Å².